The van der Waals surface area contributed by atoms with Crippen molar-refractivity contribution in [2.24, 2.45) is 11.8 Å². The summed E-state index contributed by atoms with van der Waals surface area (Å²) in [5.74, 6) is 1.36. The van der Waals surface area contributed by atoms with Crippen molar-refractivity contribution in [3.8, 4) is 0 Å². The van der Waals surface area contributed by atoms with Crippen LogP contribution in [0.2, 0.25) is 0 Å². The second-order valence-electron chi connectivity index (χ2n) is 7.61. The first kappa shape index (κ1) is 16.0. The zero-order valence-corrected chi connectivity index (χ0v) is 14.2. The summed E-state index contributed by atoms with van der Waals surface area (Å²) in [4.78, 5) is 19.0. The van der Waals surface area contributed by atoms with Gasteiger partial charge in [-0.05, 0) is 49.1 Å². The predicted molar refractivity (Wildman–Crippen MR) is 91.2 cm³/mol. The molecule has 3 aliphatic rings. The quantitative estimate of drug-likeness (QED) is 0.897. The van der Waals surface area contributed by atoms with E-state index in [1.165, 1.54) is 24.8 Å². The molecule has 1 amide bonds. The highest BCUT2D eigenvalue weighted by molar-refractivity contribution is 5.77. The summed E-state index contributed by atoms with van der Waals surface area (Å²) in [6.45, 7) is 3.64. The Labute approximate surface area is 143 Å². The van der Waals surface area contributed by atoms with Gasteiger partial charge in [0, 0.05) is 45.1 Å². The Morgan fingerprint density at radius 1 is 1.33 bits per heavy atom. The van der Waals surface area contributed by atoms with Crippen LogP contribution in [0.15, 0.2) is 24.5 Å². The zero-order chi connectivity index (χ0) is 16.4. The summed E-state index contributed by atoms with van der Waals surface area (Å²) in [5.41, 5.74) is 1.23. The topological polar surface area (TPSA) is 54.5 Å². The van der Waals surface area contributed by atoms with E-state index in [1.54, 1.807) is 0 Å². The number of aromatic nitrogens is 1. The third-order valence-corrected chi connectivity index (χ3v) is 5.48. The smallest absolute Gasteiger partial charge is 0.220 e. The Hall–Kier alpha value is -1.46. The number of ether oxygens (including phenoxy) is 1. The van der Waals surface area contributed by atoms with Crippen LogP contribution in [0.5, 0.6) is 0 Å². The molecule has 130 valence electrons. The second-order valence-corrected chi connectivity index (χ2v) is 7.61. The van der Waals surface area contributed by atoms with Gasteiger partial charge in [0.15, 0.2) is 0 Å². The van der Waals surface area contributed by atoms with Crippen molar-refractivity contribution in [2.75, 3.05) is 19.7 Å². The van der Waals surface area contributed by atoms with Gasteiger partial charge < -0.3 is 10.1 Å². The molecule has 1 aromatic heterocycles. The summed E-state index contributed by atoms with van der Waals surface area (Å²) < 4.78 is 6.06. The Bertz CT molecular complexity index is 561. The number of nitrogens with one attached hydrogen (secondary N) is 1. The lowest BCUT2D eigenvalue weighted by molar-refractivity contribution is -0.128. The van der Waals surface area contributed by atoms with E-state index in [0.717, 1.165) is 32.7 Å². The van der Waals surface area contributed by atoms with E-state index < -0.39 is 0 Å². The number of hydrogen-bond acceptors (Lipinski definition) is 4. The number of carbonyl (C=O) groups excluding carboxylic acids is 1. The van der Waals surface area contributed by atoms with Gasteiger partial charge in [0.2, 0.25) is 5.91 Å². The molecular formula is C19H27N3O2. The zero-order valence-electron chi connectivity index (χ0n) is 14.2. The van der Waals surface area contributed by atoms with Crippen LogP contribution in [0.4, 0.5) is 0 Å². The maximum Gasteiger partial charge on any atom is 0.220 e. The van der Waals surface area contributed by atoms with Crippen molar-refractivity contribution in [3.63, 3.8) is 0 Å². The normalized spacial score (nSPS) is 30.6. The number of likely N-dealkylation sites (tertiary alicyclic amines) is 1. The molecule has 1 N–H and O–H groups in total. The minimum Gasteiger partial charge on any atom is -0.376 e. The van der Waals surface area contributed by atoms with Gasteiger partial charge in [-0.25, -0.2) is 0 Å². The molecule has 24 heavy (non-hydrogen) atoms. The molecule has 1 aromatic rings. The first-order valence-corrected chi connectivity index (χ1v) is 9.30. The largest absolute Gasteiger partial charge is 0.376 e. The third kappa shape index (κ3) is 3.95. The van der Waals surface area contributed by atoms with Crippen LogP contribution in [0, 0.1) is 11.8 Å². The molecular weight excluding hydrogens is 302 g/mol. The maximum atomic E-state index is 12.3. The highest BCUT2D eigenvalue weighted by Gasteiger charge is 2.40. The fourth-order valence-corrected chi connectivity index (χ4v) is 4.15. The summed E-state index contributed by atoms with van der Waals surface area (Å²) in [6.07, 6.45) is 9.38. The maximum absolute atomic E-state index is 12.3. The molecule has 0 bridgehead atoms. The lowest BCUT2D eigenvalue weighted by Crippen LogP contribution is -2.60. The van der Waals surface area contributed by atoms with Gasteiger partial charge in [-0.2, -0.15) is 0 Å². The summed E-state index contributed by atoms with van der Waals surface area (Å²) in [7, 11) is 0. The Kier molecular flexibility index (Phi) is 4.81. The van der Waals surface area contributed by atoms with Crippen LogP contribution in [-0.4, -0.2) is 47.6 Å². The van der Waals surface area contributed by atoms with E-state index in [0.29, 0.717) is 18.3 Å². The summed E-state index contributed by atoms with van der Waals surface area (Å²) in [5, 5.41) is 3.28. The van der Waals surface area contributed by atoms with Crippen molar-refractivity contribution in [3.05, 3.63) is 30.1 Å². The molecule has 1 saturated carbocycles. The van der Waals surface area contributed by atoms with Crippen LogP contribution in [0.1, 0.15) is 37.7 Å². The molecule has 2 saturated heterocycles. The van der Waals surface area contributed by atoms with Gasteiger partial charge in [-0.1, -0.05) is 6.07 Å². The molecule has 5 heteroatoms. The van der Waals surface area contributed by atoms with E-state index in [4.69, 9.17) is 4.74 Å². The van der Waals surface area contributed by atoms with Gasteiger partial charge in [-0.15, -0.1) is 0 Å². The summed E-state index contributed by atoms with van der Waals surface area (Å²) >= 11 is 0. The molecule has 5 nitrogen and oxygen atoms in total. The number of amides is 1. The van der Waals surface area contributed by atoms with Crippen LogP contribution < -0.4 is 5.32 Å². The molecule has 0 radical (unpaired) electrons. The summed E-state index contributed by atoms with van der Waals surface area (Å²) in [6, 6.07) is 4.23. The Balaban J connectivity index is 1.41. The minimum absolute atomic E-state index is 0.118. The SMILES string of the molecule is O=C(CC1CC1)N[C@@H]1CN(Cc2cccnc2)C[C@@H]2CCCO[C@@H]21. The van der Waals surface area contributed by atoms with Gasteiger partial charge in [0.1, 0.15) is 0 Å². The number of fused-ring (bicyclic) bond motifs is 1. The number of rotatable bonds is 5. The average Bonchev–Trinajstić information content (AvgIpc) is 3.39. The molecule has 0 unspecified atom stereocenters. The Morgan fingerprint density at radius 3 is 3.04 bits per heavy atom. The van der Waals surface area contributed by atoms with Crippen LogP contribution in [-0.2, 0) is 16.1 Å². The first-order chi connectivity index (χ1) is 11.8. The number of piperidine rings is 1. The fourth-order valence-electron chi connectivity index (χ4n) is 4.15. The van der Waals surface area contributed by atoms with Crippen LogP contribution in [0.3, 0.4) is 0 Å². The highest BCUT2D eigenvalue weighted by Crippen LogP contribution is 2.33. The lowest BCUT2D eigenvalue weighted by atomic mass is 9.85. The monoisotopic (exact) mass is 329 g/mol. The molecule has 1 aliphatic carbocycles. The van der Waals surface area contributed by atoms with Crippen LogP contribution in [0.25, 0.3) is 0 Å². The van der Waals surface area contributed by atoms with E-state index in [1.807, 2.05) is 18.5 Å². The first-order valence-electron chi connectivity index (χ1n) is 9.30. The molecule has 3 atom stereocenters. The standard InChI is InChI=1S/C19H27N3O2/c23-18(9-14-5-6-14)21-17-13-22(11-15-3-1-7-20-10-15)12-16-4-2-8-24-19(16)17/h1,3,7,10,14,16-17,19H,2,4-6,8-9,11-13H2,(H,21,23)/t16-,17+,19-/m0/s1. The number of nitrogens with zero attached hydrogens (tertiary/aromatic N) is 2. The predicted octanol–water partition coefficient (Wildman–Crippen LogP) is 1.98. The van der Waals surface area contributed by atoms with Crippen LogP contribution >= 0.6 is 0 Å². The van der Waals surface area contributed by atoms with Crippen molar-refractivity contribution >= 4 is 5.91 Å². The van der Waals surface area contributed by atoms with Crippen molar-refractivity contribution in [1.29, 1.82) is 0 Å². The van der Waals surface area contributed by atoms with Crippen molar-refractivity contribution in [2.45, 2.75) is 50.8 Å². The molecule has 4 rings (SSSR count). The Morgan fingerprint density at radius 2 is 2.25 bits per heavy atom. The minimum atomic E-state index is 0.118. The fraction of sp³-hybridized carbons (Fsp3) is 0.684. The molecule has 3 fully saturated rings. The van der Waals surface area contributed by atoms with Gasteiger partial charge in [0.05, 0.1) is 12.1 Å². The number of hydrogen-bond donors (Lipinski definition) is 1. The number of pyridine rings is 1. The molecule has 0 spiro atoms. The van der Waals surface area contributed by atoms with E-state index in [-0.39, 0.29) is 18.1 Å². The molecule has 2 aliphatic heterocycles. The van der Waals surface area contributed by atoms with Gasteiger partial charge >= 0.3 is 0 Å². The molecule has 3 heterocycles. The van der Waals surface area contributed by atoms with Gasteiger partial charge in [-0.3, -0.25) is 14.7 Å². The average molecular weight is 329 g/mol. The second kappa shape index (κ2) is 7.19. The highest BCUT2D eigenvalue weighted by atomic mass is 16.5. The van der Waals surface area contributed by atoms with Crippen molar-refractivity contribution < 1.29 is 9.53 Å². The lowest BCUT2D eigenvalue weighted by Gasteiger charge is -2.46. The van der Waals surface area contributed by atoms with Crippen molar-refractivity contribution in [1.82, 2.24) is 15.2 Å². The van der Waals surface area contributed by atoms with Gasteiger partial charge in [0.25, 0.3) is 0 Å². The van der Waals surface area contributed by atoms with E-state index >= 15 is 0 Å². The van der Waals surface area contributed by atoms with E-state index in [2.05, 4.69) is 21.3 Å². The molecule has 0 aromatic carbocycles. The third-order valence-electron chi connectivity index (χ3n) is 5.48. The van der Waals surface area contributed by atoms with E-state index in [9.17, 15) is 4.79 Å². The number of carbonyl (C=O) groups is 1.